The first-order valence-electron chi connectivity index (χ1n) is 7.60. The third-order valence-electron chi connectivity index (χ3n) is 4.24. The Balaban J connectivity index is 1.71. The zero-order valence-corrected chi connectivity index (χ0v) is 13.0. The van der Waals surface area contributed by atoms with Crippen LogP contribution in [-0.4, -0.2) is 59.0 Å². The van der Waals surface area contributed by atoms with Crippen LogP contribution in [0.1, 0.15) is 6.42 Å². The van der Waals surface area contributed by atoms with Gasteiger partial charge in [-0.3, -0.25) is 4.57 Å². The number of hydrogen-bond donors (Lipinski definition) is 0. The smallest absolute Gasteiger partial charge is 0.205 e. The van der Waals surface area contributed by atoms with Crippen molar-refractivity contribution in [3.05, 3.63) is 11.6 Å². The average Bonchev–Trinajstić information content (AvgIpc) is 3.17. The van der Waals surface area contributed by atoms with Crippen LogP contribution in [0.2, 0.25) is 5.28 Å². The maximum atomic E-state index is 6.36. The molecule has 7 nitrogen and oxygen atoms in total. The number of morpholine rings is 1. The van der Waals surface area contributed by atoms with E-state index in [0.717, 1.165) is 56.3 Å². The Labute approximate surface area is 133 Å². The largest absolute Gasteiger partial charge is 0.381 e. The quantitative estimate of drug-likeness (QED) is 0.795. The summed E-state index contributed by atoms with van der Waals surface area (Å²) in [5, 5.41) is 0.469. The van der Waals surface area contributed by atoms with Crippen LogP contribution in [0.4, 0.5) is 5.82 Å². The van der Waals surface area contributed by atoms with Crippen molar-refractivity contribution in [2.45, 2.75) is 13.0 Å². The van der Waals surface area contributed by atoms with Crippen molar-refractivity contribution >= 4 is 28.6 Å². The molecule has 2 saturated heterocycles. The molecule has 2 aromatic rings. The van der Waals surface area contributed by atoms with Crippen LogP contribution in [0.15, 0.2) is 6.33 Å². The first-order valence-corrected chi connectivity index (χ1v) is 7.98. The fourth-order valence-electron chi connectivity index (χ4n) is 3.05. The summed E-state index contributed by atoms with van der Waals surface area (Å²) in [5.41, 5.74) is 1.57. The van der Waals surface area contributed by atoms with E-state index < -0.39 is 0 Å². The number of fused-ring (bicyclic) bond motifs is 1. The molecular formula is C14H18ClN5O2. The molecule has 8 heteroatoms. The van der Waals surface area contributed by atoms with Crippen molar-refractivity contribution in [1.82, 2.24) is 19.5 Å². The zero-order valence-electron chi connectivity index (χ0n) is 12.2. The third kappa shape index (κ3) is 2.53. The minimum atomic E-state index is 0.469. The number of hydrogen-bond acceptors (Lipinski definition) is 6. The third-order valence-corrected chi connectivity index (χ3v) is 4.53. The van der Waals surface area contributed by atoms with Crippen molar-refractivity contribution < 1.29 is 9.47 Å². The molecule has 0 bridgehead atoms. The van der Waals surface area contributed by atoms with Gasteiger partial charge in [0.05, 0.1) is 19.8 Å². The standard InChI is InChI=1S/C14H18ClN5O2/c15-14-18-11-12(19-2-5-21-6-3-19)16-9-17-13(11)20(14)7-10-1-4-22-8-10/h9-10H,1-8H2. The first-order chi connectivity index (χ1) is 10.8. The van der Waals surface area contributed by atoms with Crippen LogP contribution in [0.3, 0.4) is 0 Å². The normalized spacial score (nSPS) is 22.6. The summed E-state index contributed by atoms with van der Waals surface area (Å²) in [6.45, 7) is 5.42. The molecule has 0 aliphatic carbocycles. The number of aromatic nitrogens is 4. The van der Waals surface area contributed by atoms with Crippen LogP contribution in [0.25, 0.3) is 11.2 Å². The molecule has 2 aliphatic heterocycles. The van der Waals surface area contributed by atoms with Crippen molar-refractivity contribution in [3.8, 4) is 0 Å². The van der Waals surface area contributed by atoms with E-state index in [0.29, 0.717) is 24.4 Å². The van der Waals surface area contributed by atoms with Crippen molar-refractivity contribution in [3.63, 3.8) is 0 Å². The molecule has 22 heavy (non-hydrogen) atoms. The van der Waals surface area contributed by atoms with Gasteiger partial charge in [0, 0.05) is 32.2 Å². The van der Waals surface area contributed by atoms with Gasteiger partial charge in [-0.15, -0.1) is 0 Å². The van der Waals surface area contributed by atoms with Gasteiger partial charge in [0.15, 0.2) is 17.0 Å². The molecule has 0 amide bonds. The van der Waals surface area contributed by atoms with Gasteiger partial charge in [-0.05, 0) is 18.0 Å². The molecule has 0 radical (unpaired) electrons. The second kappa shape index (κ2) is 5.98. The van der Waals surface area contributed by atoms with E-state index in [2.05, 4.69) is 19.9 Å². The minimum absolute atomic E-state index is 0.469. The van der Waals surface area contributed by atoms with Crippen LogP contribution in [0, 0.1) is 5.92 Å². The number of nitrogens with zero attached hydrogens (tertiary/aromatic N) is 5. The molecule has 4 rings (SSSR count). The molecule has 2 fully saturated rings. The topological polar surface area (TPSA) is 65.3 Å². The summed E-state index contributed by atoms with van der Waals surface area (Å²) in [7, 11) is 0. The molecule has 0 aromatic carbocycles. The first kappa shape index (κ1) is 14.2. The van der Waals surface area contributed by atoms with Crippen molar-refractivity contribution in [1.29, 1.82) is 0 Å². The Bertz CT molecular complexity index is 665. The molecule has 1 unspecified atom stereocenters. The van der Waals surface area contributed by atoms with E-state index in [1.165, 1.54) is 0 Å². The van der Waals surface area contributed by atoms with Crippen LogP contribution < -0.4 is 4.90 Å². The molecule has 0 saturated carbocycles. The number of anilines is 1. The van der Waals surface area contributed by atoms with E-state index >= 15 is 0 Å². The SMILES string of the molecule is Clc1nc2c(N3CCOCC3)ncnc2n1CC1CCOC1. The van der Waals surface area contributed by atoms with Gasteiger partial charge in [0.25, 0.3) is 0 Å². The monoisotopic (exact) mass is 323 g/mol. The molecule has 4 heterocycles. The van der Waals surface area contributed by atoms with Gasteiger partial charge in [-0.25, -0.2) is 15.0 Å². The van der Waals surface area contributed by atoms with Gasteiger partial charge in [-0.1, -0.05) is 0 Å². The Hall–Kier alpha value is -1.44. The highest BCUT2D eigenvalue weighted by Crippen LogP contribution is 2.28. The van der Waals surface area contributed by atoms with Gasteiger partial charge in [0.1, 0.15) is 6.33 Å². The Morgan fingerprint density at radius 3 is 2.82 bits per heavy atom. The van der Waals surface area contributed by atoms with Gasteiger partial charge in [-0.2, -0.15) is 0 Å². The highest BCUT2D eigenvalue weighted by atomic mass is 35.5. The fourth-order valence-corrected chi connectivity index (χ4v) is 3.29. The van der Waals surface area contributed by atoms with Gasteiger partial charge >= 0.3 is 0 Å². The van der Waals surface area contributed by atoms with Crippen molar-refractivity contribution in [2.24, 2.45) is 5.92 Å². The maximum Gasteiger partial charge on any atom is 0.205 e. The molecule has 0 spiro atoms. The van der Waals surface area contributed by atoms with Gasteiger partial charge < -0.3 is 14.4 Å². The average molecular weight is 324 g/mol. The number of rotatable bonds is 3. The Kier molecular flexibility index (Phi) is 3.85. The zero-order chi connectivity index (χ0) is 14.9. The number of imidazole rings is 1. The number of halogens is 1. The predicted molar refractivity (Wildman–Crippen MR) is 82.3 cm³/mol. The predicted octanol–water partition coefficient (Wildman–Crippen LogP) is 1.35. The lowest BCUT2D eigenvalue weighted by atomic mass is 10.1. The van der Waals surface area contributed by atoms with E-state index in [9.17, 15) is 0 Å². The van der Waals surface area contributed by atoms with E-state index in [4.69, 9.17) is 21.1 Å². The highest BCUT2D eigenvalue weighted by Gasteiger charge is 2.23. The second-order valence-corrected chi connectivity index (χ2v) is 6.03. The second-order valence-electron chi connectivity index (χ2n) is 5.69. The van der Waals surface area contributed by atoms with E-state index in [1.54, 1.807) is 6.33 Å². The summed E-state index contributed by atoms with van der Waals surface area (Å²) < 4.78 is 12.8. The van der Waals surface area contributed by atoms with Crippen LogP contribution in [0.5, 0.6) is 0 Å². The van der Waals surface area contributed by atoms with E-state index in [1.807, 2.05) is 4.57 Å². The summed E-state index contributed by atoms with van der Waals surface area (Å²) in [6, 6.07) is 0. The fraction of sp³-hybridized carbons (Fsp3) is 0.643. The highest BCUT2D eigenvalue weighted by molar-refractivity contribution is 6.29. The number of ether oxygens (including phenoxy) is 2. The van der Waals surface area contributed by atoms with Crippen molar-refractivity contribution in [2.75, 3.05) is 44.4 Å². The molecule has 1 atom stereocenters. The summed E-state index contributed by atoms with van der Waals surface area (Å²) in [6.07, 6.45) is 2.64. The molecule has 118 valence electrons. The van der Waals surface area contributed by atoms with Crippen LogP contribution >= 0.6 is 11.6 Å². The lowest BCUT2D eigenvalue weighted by molar-refractivity contribution is 0.122. The molecule has 2 aliphatic rings. The molecule has 0 N–H and O–H groups in total. The lowest BCUT2D eigenvalue weighted by Crippen LogP contribution is -2.37. The summed E-state index contributed by atoms with van der Waals surface area (Å²) >= 11 is 6.36. The van der Waals surface area contributed by atoms with Crippen LogP contribution in [-0.2, 0) is 16.0 Å². The Morgan fingerprint density at radius 1 is 1.18 bits per heavy atom. The molecule has 2 aromatic heterocycles. The minimum Gasteiger partial charge on any atom is -0.381 e. The maximum absolute atomic E-state index is 6.36. The summed E-state index contributed by atoms with van der Waals surface area (Å²) in [4.78, 5) is 15.5. The van der Waals surface area contributed by atoms with E-state index in [-0.39, 0.29) is 0 Å². The Morgan fingerprint density at radius 2 is 2.05 bits per heavy atom. The lowest BCUT2D eigenvalue weighted by Gasteiger charge is -2.27. The van der Waals surface area contributed by atoms with Gasteiger partial charge in [0.2, 0.25) is 5.28 Å². The summed E-state index contributed by atoms with van der Waals surface area (Å²) in [5.74, 6) is 1.31. The molecular weight excluding hydrogens is 306 g/mol.